The number of aliphatic hydroxyl groups excluding tert-OH is 1. The van der Waals surface area contributed by atoms with E-state index < -0.39 is 0 Å². The van der Waals surface area contributed by atoms with Crippen molar-refractivity contribution >= 4 is 11.6 Å². The van der Waals surface area contributed by atoms with E-state index in [-0.39, 0.29) is 18.6 Å². The van der Waals surface area contributed by atoms with Crippen molar-refractivity contribution in [2.45, 2.75) is 32.7 Å². The van der Waals surface area contributed by atoms with Crippen molar-refractivity contribution in [3.05, 3.63) is 29.8 Å². The first-order valence-electron chi connectivity index (χ1n) is 9.06. The zero-order chi connectivity index (χ0) is 17.5. The van der Waals surface area contributed by atoms with E-state index in [0.717, 1.165) is 56.8 Å². The first kappa shape index (κ1) is 18.7. The molecule has 1 atom stereocenters. The third-order valence-corrected chi connectivity index (χ3v) is 4.91. The molecule has 0 spiro atoms. The summed E-state index contributed by atoms with van der Waals surface area (Å²) in [5.41, 5.74) is 1.90. The van der Waals surface area contributed by atoms with Crippen molar-refractivity contribution in [1.29, 1.82) is 0 Å². The van der Waals surface area contributed by atoms with Crippen LogP contribution in [0.5, 0.6) is 0 Å². The van der Waals surface area contributed by atoms with Gasteiger partial charge in [-0.25, -0.2) is 0 Å². The highest BCUT2D eigenvalue weighted by Crippen LogP contribution is 2.17. The van der Waals surface area contributed by atoms with Crippen LogP contribution < -0.4 is 4.90 Å². The quantitative estimate of drug-likeness (QED) is 0.830. The second kappa shape index (κ2) is 9.04. The fourth-order valence-electron chi connectivity index (χ4n) is 3.30. The molecule has 1 aliphatic rings. The SMILES string of the molecule is CCCN(C)c1ccc(C(=O)N2CCN(C(CC)CO)CC2)cc1. The van der Waals surface area contributed by atoms with Crippen LogP contribution in [0.3, 0.4) is 0 Å². The molecule has 24 heavy (non-hydrogen) atoms. The summed E-state index contributed by atoms with van der Waals surface area (Å²) in [6.45, 7) is 8.59. The van der Waals surface area contributed by atoms with Gasteiger partial charge in [0.05, 0.1) is 6.61 Å². The van der Waals surface area contributed by atoms with E-state index in [9.17, 15) is 9.90 Å². The Balaban J connectivity index is 1.93. The molecule has 0 bridgehead atoms. The van der Waals surface area contributed by atoms with Crippen molar-refractivity contribution in [1.82, 2.24) is 9.80 Å². The van der Waals surface area contributed by atoms with Gasteiger partial charge in [0.1, 0.15) is 0 Å². The van der Waals surface area contributed by atoms with Gasteiger partial charge in [-0.1, -0.05) is 13.8 Å². The number of nitrogens with zero attached hydrogens (tertiary/aromatic N) is 3. The number of carbonyl (C=O) groups is 1. The zero-order valence-corrected chi connectivity index (χ0v) is 15.2. The lowest BCUT2D eigenvalue weighted by Gasteiger charge is -2.38. The van der Waals surface area contributed by atoms with E-state index in [2.05, 4.69) is 30.7 Å². The average Bonchev–Trinajstić information content (AvgIpc) is 2.63. The molecule has 1 aliphatic heterocycles. The summed E-state index contributed by atoms with van der Waals surface area (Å²) >= 11 is 0. The fraction of sp³-hybridized carbons (Fsp3) is 0.632. The van der Waals surface area contributed by atoms with E-state index in [0.29, 0.717) is 0 Å². The number of benzene rings is 1. The summed E-state index contributed by atoms with van der Waals surface area (Å²) in [5, 5.41) is 9.41. The molecule has 0 aliphatic carbocycles. The Hall–Kier alpha value is -1.59. The van der Waals surface area contributed by atoms with E-state index in [1.165, 1.54) is 0 Å². The number of aliphatic hydroxyl groups is 1. The van der Waals surface area contributed by atoms with Crippen LogP contribution in [0.2, 0.25) is 0 Å². The summed E-state index contributed by atoms with van der Waals surface area (Å²) in [5.74, 6) is 0.108. The van der Waals surface area contributed by atoms with Gasteiger partial charge in [0.15, 0.2) is 0 Å². The van der Waals surface area contributed by atoms with Gasteiger partial charge in [-0.15, -0.1) is 0 Å². The summed E-state index contributed by atoms with van der Waals surface area (Å²) in [6, 6.07) is 8.13. The molecule has 1 aromatic rings. The Morgan fingerprint density at radius 1 is 1.17 bits per heavy atom. The molecular formula is C19H31N3O2. The monoisotopic (exact) mass is 333 g/mol. The summed E-state index contributed by atoms with van der Waals surface area (Å²) < 4.78 is 0. The third-order valence-electron chi connectivity index (χ3n) is 4.91. The lowest BCUT2D eigenvalue weighted by molar-refractivity contribution is 0.0472. The van der Waals surface area contributed by atoms with E-state index in [1.54, 1.807) is 0 Å². The highest BCUT2D eigenvalue weighted by Gasteiger charge is 2.25. The molecular weight excluding hydrogens is 302 g/mol. The smallest absolute Gasteiger partial charge is 0.253 e. The van der Waals surface area contributed by atoms with Crippen LogP contribution in [-0.4, -0.2) is 73.2 Å². The Kier molecular flexibility index (Phi) is 7.06. The first-order chi connectivity index (χ1) is 11.6. The van der Waals surface area contributed by atoms with Gasteiger partial charge in [-0.2, -0.15) is 0 Å². The largest absolute Gasteiger partial charge is 0.395 e. The molecule has 0 aromatic heterocycles. The van der Waals surface area contributed by atoms with Gasteiger partial charge in [-0.3, -0.25) is 9.69 Å². The molecule has 1 aromatic carbocycles. The van der Waals surface area contributed by atoms with Crippen LogP contribution >= 0.6 is 0 Å². The average molecular weight is 333 g/mol. The highest BCUT2D eigenvalue weighted by atomic mass is 16.3. The topological polar surface area (TPSA) is 47.0 Å². The van der Waals surface area contributed by atoms with Crippen LogP contribution in [0.1, 0.15) is 37.0 Å². The third kappa shape index (κ3) is 4.48. The molecule has 1 amide bonds. The molecule has 134 valence electrons. The Labute approximate surface area is 145 Å². The summed E-state index contributed by atoms with van der Waals surface area (Å²) in [6.07, 6.45) is 2.05. The number of rotatable bonds is 7. The molecule has 5 nitrogen and oxygen atoms in total. The molecule has 1 saturated heterocycles. The van der Waals surface area contributed by atoms with Crippen LogP contribution in [-0.2, 0) is 0 Å². The van der Waals surface area contributed by atoms with Gasteiger partial charge in [0.25, 0.3) is 5.91 Å². The molecule has 1 fully saturated rings. The molecule has 2 rings (SSSR count). The summed E-state index contributed by atoms with van der Waals surface area (Å²) in [4.78, 5) is 19.1. The zero-order valence-electron chi connectivity index (χ0n) is 15.2. The number of carbonyl (C=O) groups excluding carboxylic acids is 1. The molecule has 5 heteroatoms. The minimum atomic E-state index is 0.108. The maximum Gasteiger partial charge on any atom is 0.253 e. The van der Waals surface area contributed by atoms with Gasteiger partial charge >= 0.3 is 0 Å². The van der Waals surface area contributed by atoms with E-state index >= 15 is 0 Å². The van der Waals surface area contributed by atoms with E-state index in [4.69, 9.17) is 0 Å². The number of hydrogen-bond donors (Lipinski definition) is 1. The number of anilines is 1. The van der Waals surface area contributed by atoms with Gasteiger partial charge in [0.2, 0.25) is 0 Å². The van der Waals surface area contributed by atoms with Gasteiger partial charge in [0, 0.05) is 57.1 Å². The van der Waals surface area contributed by atoms with Crippen molar-refractivity contribution in [2.75, 3.05) is 51.3 Å². The lowest BCUT2D eigenvalue weighted by Crippen LogP contribution is -2.52. The molecule has 1 unspecified atom stereocenters. The van der Waals surface area contributed by atoms with Crippen molar-refractivity contribution in [3.63, 3.8) is 0 Å². The van der Waals surface area contributed by atoms with Crippen molar-refractivity contribution < 1.29 is 9.90 Å². The second-order valence-corrected chi connectivity index (χ2v) is 6.54. The van der Waals surface area contributed by atoms with Crippen molar-refractivity contribution in [3.8, 4) is 0 Å². The van der Waals surface area contributed by atoms with Crippen LogP contribution in [0.15, 0.2) is 24.3 Å². The highest BCUT2D eigenvalue weighted by molar-refractivity contribution is 5.94. The Morgan fingerprint density at radius 2 is 1.79 bits per heavy atom. The molecule has 1 heterocycles. The fourth-order valence-corrected chi connectivity index (χ4v) is 3.30. The van der Waals surface area contributed by atoms with Gasteiger partial charge in [-0.05, 0) is 37.1 Å². The minimum absolute atomic E-state index is 0.108. The maximum absolute atomic E-state index is 12.7. The van der Waals surface area contributed by atoms with Crippen molar-refractivity contribution in [2.24, 2.45) is 0 Å². The number of hydrogen-bond acceptors (Lipinski definition) is 4. The number of amides is 1. The normalized spacial score (nSPS) is 16.9. The Bertz CT molecular complexity index is 506. The molecule has 1 N–H and O–H groups in total. The molecule has 0 saturated carbocycles. The lowest BCUT2D eigenvalue weighted by atomic mass is 10.1. The van der Waals surface area contributed by atoms with E-state index in [1.807, 2.05) is 29.2 Å². The Morgan fingerprint density at radius 3 is 2.29 bits per heavy atom. The van der Waals surface area contributed by atoms with Crippen LogP contribution in [0.25, 0.3) is 0 Å². The van der Waals surface area contributed by atoms with Crippen LogP contribution in [0, 0.1) is 0 Å². The maximum atomic E-state index is 12.7. The minimum Gasteiger partial charge on any atom is -0.395 e. The second-order valence-electron chi connectivity index (χ2n) is 6.54. The number of piperazine rings is 1. The predicted octanol–water partition coefficient (Wildman–Crippen LogP) is 2.06. The predicted molar refractivity (Wildman–Crippen MR) is 98.6 cm³/mol. The molecule has 0 radical (unpaired) electrons. The van der Waals surface area contributed by atoms with Gasteiger partial charge < -0.3 is 14.9 Å². The summed E-state index contributed by atoms with van der Waals surface area (Å²) in [7, 11) is 2.07. The van der Waals surface area contributed by atoms with Crippen LogP contribution in [0.4, 0.5) is 5.69 Å². The standard InChI is InChI=1S/C19H31N3O2/c1-4-10-20(3)18-8-6-16(7-9-18)19(24)22-13-11-21(12-14-22)17(5-2)15-23/h6-9,17,23H,4-5,10-15H2,1-3H3. The first-order valence-corrected chi connectivity index (χ1v) is 9.06.